The molecule has 0 aliphatic heterocycles. The minimum absolute atomic E-state index is 0.00665. The first kappa shape index (κ1) is 15.1. The molecule has 2 rings (SSSR count). The van der Waals surface area contributed by atoms with Crippen LogP contribution in [0.1, 0.15) is 25.8 Å². The van der Waals surface area contributed by atoms with E-state index in [9.17, 15) is 4.79 Å². The Labute approximate surface area is 125 Å². The largest absolute Gasteiger partial charge is 0.380 e. The summed E-state index contributed by atoms with van der Waals surface area (Å²) in [6.07, 6.45) is 4.13. The molecule has 0 fully saturated rings. The van der Waals surface area contributed by atoms with E-state index in [1.165, 1.54) is 0 Å². The molecule has 0 radical (unpaired) electrons. The van der Waals surface area contributed by atoms with Crippen LogP contribution in [0.4, 0.5) is 11.4 Å². The maximum atomic E-state index is 12.1. The minimum atomic E-state index is 0.00665. The van der Waals surface area contributed by atoms with Crippen LogP contribution in [0.15, 0.2) is 36.7 Å². The third kappa shape index (κ3) is 4.34. The molecule has 2 N–H and O–H groups in total. The molecule has 0 aliphatic rings. The van der Waals surface area contributed by atoms with Gasteiger partial charge in [-0.1, -0.05) is 18.2 Å². The fourth-order valence-corrected chi connectivity index (χ4v) is 2.14. The highest BCUT2D eigenvalue weighted by Crippen LogP contribution is 2.14. The van der Waals surface area contributed by atoms with Crippen LogP contribution in [0, 0.1) is 6.92 Å². The zero-order valence-corrected chi connectivity index (χ0v) is 12.8. The van der Waals surface area contributed by atoms with Gasteiger partial charge in [0.1, 0.15) is 0 Å². The summed E-state index contributed by atoms with van der Waals surface area (Å²) in [7, 11) is 0. The van der Waals surface area contributed by atoms with E-state index in [1.807, 2.05) is 55.9 Å². The van der Waals surface area contributed by atoms with Crippen LogP contribution < -0.4 is 10.6 Å². The molecule has 21 heavy (non-hydrogen) atoms. The molecule has 1 aromatic heterocycles. The van der Waals surface area contributed by atoms with Gasteiger partial charge in [0, 0.05) is 30.9 Å². The SMILES string of the molecule is CCn1cc(N[C@H](C)CC(=O)Nc2ccccc2C)cn1. The topological polar surface area (TPSA) is 59.0 Å². The molecule has 0 spiro atoms. The van der Waals surface area contributed by atoms with Crippen molar-refractivity contribution < 1.29 is 4.79 Å². The van der Waals surface area contributed by atoms with Crippen molar-refractivity contribution in [2.75, 3.05) is 10.6 Å². The Morgan fingerprint density at radius 1 is 1.38 bits per heavy atom. The Hall–Kier alpha value is -2.30. The monoisotopic (exact) mass is 286 g/mol. The summed E-state index contributed by atoms with van der Waals surface area (Å²) in [6.45, 7) is 6.84. The number of hydrogen-bond acceptors (Lipinski definition) is 3. The van der Waals surface area contributed by atoms with E-state index in [2.05, 4.69) is 15.7 Å². The highest BCUT2D eigenvalue weighted by atomic mass is 16.1. The molecule has 0 unspecified atom stereocenters. The number of hydrogen-bond donors (Lipinski definition) is 2. The molecule has 5 heteroatoms. The minimum Gasteiger partial charge on any atom is -0.380 e. The molecule has 1 atom stereocenters. The lowest BCUT2D eigenvalue weighted by atomic mass is 10.2. The lowest BCUT2D eigenvalue weighted by Crippen LogP contribution is -2.23. The number of carbonyl (C=O) groups is 1. The van der Waals surface area contributed by atoms with E-state index in [-0.39, 0.29) is 11.9 Å². The highest BCUT2D eigenvalue weighted by molar-refractivity contribution is 5.92. The summed E-state index contributed by atoms with van der Waals surface area (Å²) in [6, 6.07) is 7.82. The molecule has 0 saturated carbocycles. The van der Waals surface area contributed by atoms with E-state index < -0.39 is 0 Å². The molecular formula is C16H22N4O. The van der Waals surface area contributed by atoms with E-state index in [0.29, 0.717) is 6.42 Å². The van der Waals surface area contributed by atoms with Gasteiger partial charge in [-0.25, -0.2) is 0 Å². The van der Waals surface area contributed by atoms with Crippen LogP contribution in [0.3, 0.4) is 0 Å². The molecule has 1 amide bonds. The van der Waals surface area contributed by atoms with Crippen molar-refractivity contribution in [1.29, 1.82) is 0 Å². The van der Waals surface area contributed by atoms with E-state index in [0.717, 1.165) is 23.5 Å². The van der Waals surface area contributed by atoms with Gasteiger partial charge in [0.2, 0.25) is 5.91 Å². The van der Waals surface area contributed by atoms with Gasteiger partial charge in [0.15, 0.2) is 0 Å². The van der Waals surface area contributed by atoms with Crippen molar-refractivity contribution >= 4 is 17.3 Å². The fraction of sp³-hybridized carbons (Fsp3) is 0.375. The Balaban J connectivity index is 1.86. The molecule has 1 heterocycles. The first-order valence-electron chi connectivity index (χ1n) is 7.23. The third-order valence-corrected chi connectivity index (χ3v) is 3.28. The van der Waals surface area contributed by atoms with Crippen LogP contribution in [-0.4, -0.2) is 21.7 Å². The molecule has 0 saturated heterocycles. The number of aromatic nitrogens is 2. The fourth-order valence-electron chi connectivity index (χ4n) is 2.14. The molecule has 112 valence electrons. The zero-order chi connectivity index (χ0) is 15.2. The Bertz CT molecular complexity index is 606. The van der Waals surface area contributed by atoms with Crippen LogP contribution in [0.5, 0.6) is 0 Å². The van der Waals surface area contributed by atoms with Gasteiger partial charge in [0.05, 0.1) is 11.9 Å². The maximum Gasteiger partial charge on any atom is 0.226 e. The van der Waals surface area contributed by atoms with Crippen LogP contribution in [-0.2, 0) is 11.3 Å². The average molecular weight is 286 g/mol. The summed E-state index contributed by atoms with van der Waals surface area (Å²) >= 11 is 0. The van der Waals surface area contributed by atoms with Gasteiger partial charge in [-0.2, -0.15) is 5.10 Å². The molecule has 2 aromatic rings. The number of aryl methyl sites for hydroxylation is 2. The second-order valence-corrected chi connectivity index (χ2v) is 5.20. The van der Waals surface area contributed by atoms with Gasteiger partial charge in [-0.15, -0.1) is 0 Å². The van der Waals surface area contributed by atoms with Gasteiger partial charge in [-0.05, 0) is 32.4 Å². The normalized spacial score (nSPS) is 12.0. The van der Waals surface area contributed by atoms with E-state index in [4.69, 9.17) is 0 Å². The standard InChI is InChI=1S/C16H22N4O/c1-4-20-11-14(10-17-20)18-13(3)9-16(21)19-15-8-6-5-7-12(15)2/h5-8,10-11,13,18H,4,9H2,1-3H3,(H,19,21)/t13-/m1/s1. The zero-order valence-electron chi connectivity index (χ0n) is 12.8. The van der Waals surface area contributed by atoms with Crippen molar-refractivity contribution in [1.82, 2.24) is 9.78 Å². The number of nitrogens with one attached hydrogen (secondary N) is 2. The maximum absolute atomic E-state index is 12.1. The van der Waals surface area contributed by atoms with Crippen molar-refractivity contribution in [2.45, 2.75) is 39.8 Å². The summed E-state index contributed by atoms with van der Waals surface area (Å²) in [5.41, 5.74) is 2.87. The smallest absolute Gasteiger partial charge is 0.226 e. The first-order chi connectivity index (χ1) is 10.1. The van der Waals surface area contributed by atoms with Gasteiger partial charge < -0.3 is 10.6 Å². The Kier molecular flexibility index (Phi) is 4.98. The second kappa shape index (κ2) is 6.92. The molecule has 1 aromatic carbocycles. The molecule has 0 aliphatic carbocycles. The quantitative estimate of drug-likeness (QED) is 0.858. The number of anilines is 2. The van der Waals surface area contributed by atoms with Crippen LogP contribution in [0.25, 0.3) is 0 Å². The molecular weight excluding hydrogens is 264 g/mol. The molecule has 5 nitrogen and oxygen atoms in total. The second-order valence-electron chi connectivity index (χ2n) is 5.20. The highest BCUT2D eigenvalue weighted by Gasteiger charge is 2.11. The summed E-state index contributed by atoms with van der Waals surface area (Å²) in [4.78, 5) is 12.1. The number of amides is 1. The van der Waals surface area contributed by atoms with Gasteiger partial charge >= 0.3 is 0 Å². The predicted molar refractivity (Wildman–Crippen MR) is 85.4 cm³/mol. The average Bonchev–Trinajstić information content (AvgIpc) is 2.88. The number of nitrogens with zero attached hydrogens (tertiary/aromatic N) is 2. The van der Waals surface area contributed by atoms with Crippen molar-refractivity contribution in [3.05, 3.63) is 42.2 Å². The van der Waals surface area contributed by atoms with E-state index in [1.54, 1.807) is 6.20 Å². The summed E-state index contributed by atoms with van der Waals surface area (Å²) in [5, 5.41) is 10.4. The first-order valence-corrected chi connectivity index (χ1v) is 7.23. The van der Waals surface area contributed by atoms with Crippen LogP contribution in [0.2, 0.25) is 0 Å². The number of carbonyl (C=O) groups excluding carboxylic acids is 1. The van der Waals surface area contributed by atoms with Crippen molar-refractivity contribution in [3.8, 4) is 0 Å². The van der Waals surface area contributed by atoms with Gasteiger partial charge in [-0.3, -0.25) is 9.48 Å². The van der Waals surface area contributed by atoms with E-state index >= 15 is 0 Å². The number of para-hydroxylation sites is 1. The summed E-state index contributed by atoms with van der Waals surface area (Å²) < 4.78 is 1.85. The predicted octanol–water partition coefficient (Wildman–Crippen LogP) is 3.04. The van der Waals surface area contributed by atoms with Gasteiger partial charge in [0.25, 0.3) is 0 Å². The lowest BCUT2D eigenvalue weighted by molar-refractivity contribution is -0.116. The Morgan fingerprint density at radius 3 is 2.81 bits per heavy atom. The Morgan fingerprint density at radius 2 is 2.14 bits per heavy atom. The lowest BCUT2D eigenvalue weighted by Gasteiger charge is -2.14. The third-order valence-electron chi connectivity index (χ3n) is 3.28. The van der Waals surface area contributed by atoms with Crippen molar-refractivity contribution in [3.63, 3.8) is 0 Å². The van der Waals surface area contributed by atoms with Crippen molar-refractivity contribution in [2.24, 2.45) is 0 Å². The molecule has 0 bridgehead atoms. The number of benzene rings is 1. The summed E-state index contributed by atoms with van der Waals surface area (Å²) in [5.74, 6) is 0.00665. The van der Waals surface area contributed by atoms with Crippen LogP contribution >= 0.6 is 0 Å². The number of rotatable bonds is 6.